The molecule has 1 unspecified atom stereocenters. The zero-order valence-corrected chi connectivity index (χ0v) is 13.4. The van der Waals surface area contributed by atoms with Gasteiger partial charge in [0.1, 0.15) is 0 Å². The summed E-state index contributed by atoms with van der Waals surface area (Å²) in [5, 5.41) is 12.9. The number of rotatable bonds is 5. The van der Waals surface area contributed by atoms with Crippen LogP contribution in [-0.4, -0.2) is 30.8 Å². The molecule has 0 spiro atoms. The van der Waals surface area contributed by atoms with Crippen molar-refractivity contribution in [3.8, 4) is 0 Å². The van der Waals surface area contributed by atoms with Gasteiger partial charge in [-0.15, -0.1) is 0 Å². The average molecular weight is 339 g/mol. The molecule has 1 heterocycles. The summed E-state index contributed by atoms with van der Waals surface area (Å²) in [4.78, 5) is 2.40. The second-order valence-electron chi connectivity index (χ2n) is 6.08. The van der Waals surface area contributed by atoms with E-state index in [2.05, 4.69) is 44.3 Å². The molecule has 0 radical (unpaired) electrons. The Labute approximate surface area is 129 Å². The van der Waals surface area contributed by atoms with Crippen LogP contribution in [0.4, 0.5) is 5.69 Å². The molecule has 0 bridgehead atoms. The largest absolute Gasteiger partial charge is 0.396 e. The molecule has 20 heavy (non-hydrogen) atoms. The van der Waals surface area contributed by atoms with Gasteiger partial charge in [0.05, 0.1) is 5.69 Å². The van der Waals surface area contributed by atoms with E-state index in [-0.39, 0.29) is 0 Å². The van der Waals surface area contributed by atoms with Gasteiger partial charge in [-0.05, 0) is 65.2 Å². The molecule has 1 atom stereocenters. The quantitative estimate of drug-likeness (QED) is 0.866. The van der Waals surface area contributed by atoms with Crippen molar-refractivity contribution in [3.63, 3.8) is 0 Å². The highest BCUT2D eigenvalue weighted by Crippen LogP contribution is 2.31. The van der Waals surface area contributed by atoms with Gasteiger partial charge in [-0.3, -0.25) is 0 Å². The number of halogens is 1. The molecule has 1 aliphatic carbocycles. The van der Waals surface area contributed by atoms with Crippen LogP contribution in [0.25, 0.3) is 0 Å². The molecular formula is C16H23BrN2O. The summed E-state index contributed by atoms with van der Waals surface area (Å²) < 4.78 is 1.17. The van der Waals surface area contributed by atoms with Crippen LogP contribution in [0.5, 0.6) is 0 Å². The molecule has 0 aromatic heterocycles. The minimum atomic E-state index is 0.303. The molecule has 1 saturated carbocycles. The van der Waals surface area contributed by atoms with Crippen LogP contribution in [0.2, 0.25) is 0 Å². The third kappa shape index (κ3) is 3.54. The van der Waals surface area contributed by atoms with Gasteiger partial charge in [0.2, 0.25) is 0 Å². The molecule has 4 heteroatoms. The number of benzene rings is 1. The summed E-state index contributed by atoms with van der Waals surface area (Å²) in [6.45, 7) is 3.32. The van der Waals surface area contributed by atoms with Crippen LogP contribution < -0.4 is 10.2 Å². The van der Waals surface area contributed by atoms with Gasteiger partial charge >= 0.3 is 0 Å². The van der Waals surface area contributed by atoms with Crippen LogP contribution in [0.15, 0.2) is 22.7 Å². The maximum atomic E-state index is 9.35. The number of nitrogens with zero attached hydrogens (tertiary/aromatic N) is 1. The molecule has 2 fully saturated rings. The summed E-state index contributed by atoms with van der Waals surface area (Å²) in [5.41, 5.74) is 2.60. The van der Waals surface area contributed by atoms with Gasteiger partial charge in [0.25, 0.3) is 0 Å². The van der Waals surface area contributed by atoms with E-state index in [4.69, 9.17) is 0 Å². The Bertz CT molecular complexity index is 462. The van der Waals surface area contributed by atoms with Crippen molar-refractivity contribution < 1.29 is 5.11 Å². The Morgan fingerprint density at radius 2 is 2.15 bits per heavy atom. The minimum absolute atomic E-state index is 0.303. The number of aliphatic hydroxyl groups excluding tert-OH is 1. The van der Waals surface area contributed by atoms with Crippen molar-refractivity contribution in [2.24, 2.45) is 5.92 Å². The van der Waals surface area contributed by atoms with Gasteiger partial charge in [0, 0.05) is 36.8 Å². The Morgan fingerprint density at radius 1 is 1.30 bits per heavy atom. The van der Waals surface area contributed by atoms with E-state index in [1.54, 1.807) is 0 Å². The molecule has 1 aliphatic heterocycles. The molecule has 1 saturated heterocycles. The maximum Gasteiger partial charge on any atom is 0.0510 e. The van der Waals surface area contributed by atoms with E-state index in [0.717, 1.165) is 32.1 Å². The van der Waals surface area contributed by atoms with E-state index in [0.29, 0.717) is 12.5 Å². The van der Waals surface area contributed by atoms with E-state index in [1.807, 2.05) is 0 Å². The topological polar surface area (TPSA) is 35.5 Å². The molecule has 1 aromatic rings. The number of anilines is 1. The highest BCUT2D eigenvalue weighted by atomic mass is 79.9. The fourth-order valence-electron chi connectivity index (χ4n) is 2.90. The van der Waals surface area contributed by atoms with Gasteiger partial charge in [-0.2, -0.15) is 0 Å². The molecule has 2 N–H and O–H groups in total. The number of hydrogen-bond acceptors (Lipinski definition) is 3. The first-order valence-corrected chi connectivity index (χ1v) is 8.43. The SMILES string of the molecule is OCC1CCCN(c2ccc(CNC3CC3)cc2Br)C1. The lowest BCUT2D eigenvalue weighted by Crippen LogP contribution is -2.37. The fraction of sp³-hybridized carbons (Fsp3) is 0.625. The Morgan fingerprint density at radius 3 is 2.85 bits per heavy atom. The molecule has 3 rings (SSSR count). The summed E-state index contributed by atoms with van der Waals surface area (Å²) in [6, 6.07) is 7.42. The van der Waals surface area contributed by atoms with Gasteiger partial charge in [-0.1, -0.05) is 6.07 Å². The molecule has 2 aliphatic rings. The van der Waals surface area contributed by atoms with Crippen molar-refractivity contribution in [1.29, 1.82) is 0 Å². The van der Waals surface area contributed by atoms with Gasteiger partial charge in [-0.25, -0.2) is 0 Å². The minimum Gasteiger partial charge on any atom is -0.396 e. The summed E-state index contributed by atoms with van der Waals surface area (Å²) in [7, 11) is 0. The zero-order valence-electron chi connectivity index (χ0n) is 11.8. The first-order chi connectivity index (χ1) is 9.76. The highest BCUT2D eigenvalue weighted by Gasteiger charge is 2.22. The van der Waals surface area contributed by atoms with E-state index < -0.39 is 0 Å². The van der Waals surface area contributed by atoms with E-state index in [9.17, 15) is 5.11 Å². The number of piperidine rings is 1. The van der Waals surface area contributed by atoms with Crippen molar-refractivity contribution >= 4 is 21.6 Å². The third-order valence-corrected chi connectivity index (χ3v) is 4.94. The van der Waals surface area contributed by atoms with Crippen LogP contribution in [0.1, 0.15) is 31.2 Å². The molecule has 1 aromatic carbocycles. The fourth-order valence-corrected chi connectivity index (χ4v) is 3.58. The normalized spacial score (nSPS) is 23.1. The van der Waals surface area contributed by atoms with E-state index in [1.165, 1.54) is 35.0 Å². The molecular weight excluding hydrogens is 316 g/mol. The molecule has 110 valence electrons. The highest BCUT2D eigenvalue weighted by molar-refractivity contribution is 9.10. The monoisotopic (exact) mass is 338 g/mol. The Hall–Kier alpha value is -0.580. The predicted octanol–water partition coefficient (Wildman–Crippen LogP) is 2.91. The van der Waals surface area contributed by atoms with Crippen molar-refractivity contribution in [1.82, 2.24) is 5.32 Å². The summed E-state index contributed by atoms with van der Waals surface area (Å²) >= 11 is 3.72. The lowest BCUT2D eigenvalue weighted by atomic mass is 9.98. The van der Waals surface area contributed by atoms with Crippen LogP contribution in [0, 0.1) is 5.92 Å². The lowest BCUT2D eigenvalue weighted by molar-refractivity contribution is 0.208. The van der Waals surface area contributed by atoms with Crippen molar-refractivity contribution in [3.05, 3.63) is 28.2 Å². The summed E-state index contributed by atoms with van der Waals surface area (Å²) in [5.74, 6) is 0.423. The second kappa shape index (κ2) is 6.46. The maximum absolute atomic E-state index is 9.35. The first-order valence-electron chi connectivity index (χ1n) is 7.64. The standard InChI is InChI=1S/C16H23BrN2O/c17-15-8-12(9-18-14-4-5-14)3-6-16(15)19-7-1-2-13(10-19)11-20/h3,6,8,13-14,18,20H,1-2,4-5,7,9-11H2. The number of nitrogens with one attached hydrogen (secondary N) is 1. The van der Waals surface area contributed by atoms with Crippen LogP contribution in [-0.2, 0) is 6.54 Å². The van der Waals surface area contributed by atoms with Crippen LogP contribution in [0.3, 0.4) is 0 Å². The Balaban J connectivity index is 1.66. The smallest absolute Gasteiger partial charge is 0.0510 e. The van der Waals surface area contributed by atoms with Crippen molar-refractivity contribution in [2.45, 2.75) is 38.3 Å². The molecule has 3 nitrogen and oxygen atoms in total. The first kappa shape index (κ1) is 14.4. The third-order valence-electron chi connectivity index (χ3n) is 4.30. The Kier molecular flexibility index (Phi) is 4.64. The van der Waals surface area contributed by atoms with Crippen molar-refractivity contribution in [2.75, 3.05) is 24.6 Å². The van der Waals surface area contributed by atoms with Gasteiger partial charge in [0.15, 0.2) is 0 Å². The second-order valence-corrected chi connectivity index (χ2v) is 6.93. The zero-order chi connectivity index (χ0) is 13.9. The number of aliphatic hydroxyl groups is 1. The summed E-state index contributed by atoms with van der Waals surface area (Å²) in [6.07, 6.45) is 4.97. The average Bonchev–Trinajstić information content (AvgIpc) is 3.29. The predicted molar refractivity (Wildman–Crippen MR) is 86.0 cm³/mol. The van der Waals surface area contributed by atoms with Gasteiger partial charge < -0.3 is 15.3 Å². The van der Waals surface area contributed by atoms with E-state index >= 15 is 0 Å². The molecule has 0 amide bonds. The van der Waals surface area contributed by atoms with Crippen LogP contribution >= 0.6 is 15.9 Å². The number of hydrogen-bond donors (Lipinski definition) is 2. The lowest BCUT2D eigenvalue weighted by Gasteiger charge is -2.34.